The highest BCUT2D eigenvalue weighted by Crippen LogP contribution is 2.29. The van der Waals surface area contributed by atoms with Crippen molar-refractivity contribution < 1.29 is 4.79 Å². The van der Waals surface area contributed by atoms with E-state index in [0.29, 0.717) is 12.3 Å². The summed E-state index contributed by atoms with van der Waals surface area (Å²) in [5, 5.41) is 0.794. The molecule has 2 aromatic carbocycles. The Balaban J connectivity index is 0.00000300. The summed E-state index contributed by atoms with van der Waals surface area (Å²) in [4.78, 5) is 23.1. The van der Waals surface area contributed by atoms with E-state index in [1.54, 1.807) is 23.1 Å². The van der Waals surface area contributed by atoms with E-state index >= 15 is 0 Å². The van der Waals surface area contributed by atoms with Crippen molar-refractivity contribution in [2.24, 2.45) is 0 Å². The Bertz CT molecular complexity index is 877. The fourth-order valence-electron chi connectivity index (χ4n) is 2.94. The number of halogens is 1. The molecule has 0 saturated carbocycles. The lowest BCUT2D eigenvalue weighted by Gasteiger charge is -2.24. The molecule has 0 aliphatic heterocycles. The maximum atomic E-state index is 13.1. The number of para-hydroxylation sites is 1. The van der Waals surface area contributed by atoms with Crippen molar-refractivity contribution in [3.63, 3.8) is 0 Å². The summed E-state index contributed by atoms with van der Waals surface area (Å²) < 4.78 is 1.12. The number of carbonyl (C=O) groups excluding carboxylic acids is 1. The van der Waals surface area contributed by atoms with Gasteiger partial charge in [0.15, 0.2) is 5.13 Å². The van der Waals surface area contributed by atoms with E-state index in [2.05, 4.69) is 56.0 Å². The summed E-state index contributed by atoms with van der Waals surface area (Å²) in [6, 6.07) is 16.4. The van der Waals surface area contributed by atoms with Gasteiger partial charge in [-0.3, -0.25) is 9.69 Å². The molecule has 1 aromatic heterocycles. The number of likely N-dealkylation sites (N-methyl/N-ethyl adjacent to an activating group) is 1. The molecule has 0 aliphatic carbocycles. The normalized spacial score (nSPS) is 10.9. The van der Waals surface area contributed by atoms with Crippen molar-refractivity contribution in [3.8, 4) is 0 Å². The van der Waals surface area contributed by atoms with Gasteiger partial charge in [-0.15, -0.1) is 24.2 Å². The lowest BCUT2D eigenvalue weighted by Crippen LogP contribution is -2.39. The molecule has 0 bridgehead atoms. The molecule has 29 heavy (non-hydrogen) atoms. The lowest BCUT2D eigenvalue weighted by atomic mass is 10.2. The number of aromatic nitrogens is 1. The van der Waals surface area contributed by atoms with E-state index in [-0.39, 0.29) is 18.3 Å². The van der Waals surface area contributed by atoms with Crippen LogP contribution in [0.1, 0.15) is 19.4 Å². The Morgan fingerprint density at radius 2 is 1.72 bits per heavy atom. The van der Waals surface area contributed by atoms with Crippen LogP contribution in [0.4, 0.5) is 5.13 Å². The molecule has 4 nitrogen and oxygen atoms in total. The third-order valence-electron chi connectivity index (χ3n) is 4.73. The molecule has 0 atom stereocenters. The largest absolute Gasteiger partial charge is 0.302 e. The number of nitrogens with zero attached hydrogens (tertiary/aromatic N) is 3. The van der Waals surface area contributed by atoms with E-state index < -0.39 is 0 Å². The van der Waals surface area contributed by atoms with E-state index in [1.807, 2.05) is 23.1 Å². The highest BCUT2D eigenvalue weighted by molar-refractivity contribution is 8.00. The van der Waals surface area contributed by atoms with Gasteiger partial charge in [-0.1, -0.05) is 55.0 Å². The van der Waals surface area contributed by atoms with E-state index in [1.165, 1.54) is 5.56 Å². The maximum absolute atomic E-state index is 13.1. The van der Waals surface area contributed by atoms with Crippen LogP contribution < -0.4 is 4.90 Å². The molecule has 0 aliphatic rings. The zero-order chi connectivity index (χ0) is 19.9. The number of benzene rings is 2. The number of rotatable bonds is 9. The quantitative estimate of drug-likeness (QED) is 0.404. The molecule has 3 rings (SSSR count). The first-order valence-electron chi connectivity index (χ1n) is 9.68. The minimum absolute atomic E-state index is 0. The topological polar surface area (TPSA) is 36.4 Å². The van der Waals surface area contributed by atoms with Gasteiger partial charge < -0.3 is 4.90 Å². The fourth-order valence-corrected chi connectivity index (χ4v) is 4.72. The summed E-state index contributed by atoms with van der Waals surface area (Å²) in [5.41, 5.74) is 2.18. The number of hydrogen-bond donors (Lipinski definition) is 0. The molecule has 0 fully saturated rings. The monoisotopic (exact) mass is 449 g/mol. The van der Waals surface area contributed by atoms with Gasteiger partial charge in [0.05, 0.1) is 16.0 Å². The number of thioether (sulfide) groups is 1. The van der Waals surface area contributed by atoms with E-state index in [0.717, 1.165) is 39.9 Å². The van der Waals surface area contributed by atoms with Crippen LogP contribution in [0.3, 0.4) is 0 Å². The number of carbonyl (C=O) groups is 1. The molecule has 7 heteroatoms. The van der Waals surface area contributed by atoms with E-state index in [4.69, 9.17) is 4.98 Å². The second-order valence-electron chi connectivity index (χ2n) is 6.64. The van der Waals surface area contributed by atoms with Crippen LogP contribution in [0.25, 0.3) is 10.2 Å². The molecular formula is C22H28ClN3OS2. The standard InChI is InChI=1S/C22H27N3OS2.ClH/c1-4-24(5-2)14-15-25(22-23-19-8-6-7-9-20(19)28-22)21(26)16-27-18-12-10-17(3)11-13-18;/h6-13H,4-5,14-16H2,1-3H3;1H. The van der Waals surface area contributed by atoms with Crippen molar-refractivity contribution in [1.29, 1.82) is 0 Å². The minimum Gasteiger partial charge on any atom is -0.302 e. The summed E-state index contributed by atoms with van der Waals surface area (Å²) >= 11 is 3.18. The molecular weight excluding hydrogens is 422 g/mol. The highest BCUT2D eigenvalue weighted by Gasteiger charge is 2.20. The lowest BCUT2D eigenvalue weighted by molar-refractivity contribution is -0.116. The van der Waals surface area contributed by atoms with Crippen LogP contribution in [0.5, 0.6) is 0 Å². The van der Waals surface area contributed by atoms with Crippen LogP contribution in [0.15, 0.2) is 53.4 Å². The van der Waals surface area contributed by atoms with Crippen molar-refractivity contribution in [2.45, 2.75) is 25.7 Å². The van der Waals surface area contributed by atoms with Crippen LogP contribution >= 0.6 is 35.5 Å². The first kappa shape index (κ1) is 23.7. The minimum atomic E-state index is 0. The van der Waals surface area contributed by atoms with Gasteiger partial charge in [0, 0.05) is 18.0 Å². The third kappa shape index (κ3) is 6.44. The Labute approximate surface area is 187 Å². The molecule has 0 unspecified atom stereocenters. The number of anilines is 1. The van der Waals surface area contributed by atoms with Gasteiger partial charge >= 0.3 is 0 Å². The van der Waals surface area contributed by atoms with Gasteiger partial charge in [0.2, 0.25) is 5.91 Å². The average molecular weight is 450 g/mol. The Kier molecular flexibility index (Phi) is 9.43. The zero-order valence-electron chi connectivity index (χ0n) is 17.1. The summed E-state index contributed by atoms with van der Waals surface area (Å²) in [7, 11) is 0. The second kappa shape index (κ2) is 11.6. The molecule has 3 aromatic rings. The Hall–Kier alpha value is -1.60. The molecule has 156 valence electrons. The summed E-state index contributed by atoms with van der Waals surface area (Å²) in [5.74, 6) is 0.522. The van der Waals surface area contributed by atoms with Gasteiger partial charge in [-0.25, -0.2) is 4.98 Å². The smallest absolute Gasteiger partial charge is 0.239 e. The molecule has 0 N–H and O–H groups in total. The number of thiazole rings is 1. The molecule has 0 saturated heterocycles. The second-order valence-corrected chi connectivity index (χ2v) is 8.70. The molecule has 0 radical (unpaired) electrons. The maximum Gasteiger partial charge on any atom is 0.239 e. The van der Waals surface area contributed by atoms with Crippen LogP contribution in [0, 0.1) is 6.92 Å². The highest BCUT2D eigenvalue weighted by atomic mass is 35.5. The zero-order valence-corrected chi connectivity index (χ0v) is 19.6. The predicted octanol–water partition coefficient (Wildman–Crippen LogP) is 5.49. The van der Waals surface area contributed by atoms with Crippen molar-refractivity contribution >= 4 is 56.8 Å². The number of fused-ring (bicyclic) bond motifs is 1. The van der Waals surface area contributed by atoms with Gasteiger partial charge in [-0.05, 0) is 44.3 Å². The SMILES string of the molecule is CCN(CC)CCN(C(=O)CSc1ccc(C)cc1)c1nc2ccccc2s1.Cl. The number of hydrogen-bond acceptors (Lipinski definition) is 5. The van der Waals surface area contributed by atoms with Crippen LogP contribution in [-0.4, -0.2) is 47.7 Å². The third-order valence-corrected chi connectivity index (χ3v) is 6.79. The van der Waals surface area contributed by atoms with Gasteiger partial charge in [0.1, 0.15) is 0 Å². The van der Waals surface area contributed by atoms with Gasteiger partial charge in [-0.2, -0.15) is 0 Å². The average Bonchev–Trinajstić information content (AvgIpc) is 3.14. The predicted molar refractivity (Wildman–Crippen MR) is 129 cm³/mol. The van der Waals surface area contributed by atoms with Crippen molar-refractivity contribution in [2.75, 3.05) is 36.8 Å². The van der Waals surface area contributed by atoms with Crippen molar-refractivity contribution in [1.82, 2.24) is 9.88 Å². The number of amides is 1. The Morgan fingerprint density at radius 1 is 1.03 bits per heavy atom. The van der Waals surface area contributed by atoms with Crippen LogP contribution in [-0.2, 0) is 4.79 Å². The fraction of sp³-hybridized carbons (Fsp3) is 0.364. The van der Waals surface area contributed by atoms with Crippen LogP contribution in [0.2, 0.25) is 0 Å². The molecule has 1 heterocycles. The first-order chi connectivity index (χ1) is 13.6. The Morgan fingerprint density at radius 3 is 2.38 bits per heavy atom. The first-order valence-corrected chi connectivity index (χ1v) is 11.5. The van der Waals surface area contributed by atoms with Gasteiger partial charge in [0.25, 0.3) is 0 Å². The summed E-state index contributed by atoms with van der Waals surface area (Å²) in [6.45, 7) is 9.86. The molecule has 1 amide bonds. The van der Waals surface area contributed by atoms with E-state index in [9.17, 15) is 4.79 Å². The summed E-state index contributed by atoms with van der Waals surface area (Å²) in [6.07, 6.45) is 0. The van der Waals surface area contributed by atoms with Crippen molar-refractivity contribution in [3.05, 3.63) is 54.1 Å². The number of aryl methyl sites for hydroxylation is 1. The molecule has 0 spiro atoms.